The van der Waals surface area contributed by atoms with E-state index in [4.69, 9.17) is 5.10 Å². The Labute approximate surface area is 155 Å². The Hall–Kier alpha value is -2.58. The van der Waals surface area contributed by atoms with Gasteiger partial charge in [0, 0.05) is 56.4 Å². The molecule has 8 heteroatoms. The van der Waals surface area contributed by atoms with Crippen LogP contribution in [-0.4, -0.2) is 43.6 Å². The Kier molecular flexibility index (Phi) is 4.77. The van der Waals surface area contributed by atoms with E-state index in [0.29, 0.717) is 5.13 Å². The average Bonchev–Trinajstić information content (AvgIpc) is 3.20. The third-order valence-electron chi connectivity index (χ3n) is 4.34. The molecule has 0 atom stereocenters. The summed E-state index contributed by atoms with van der Waals surface area (Å²) in [7, 11) is 0. The fraction of sp³-hybridized carbons (Fsp3) is 0.333. The second kappa shape index (κ2) is 7.35. The first-order chi connectivity index (χ1) is 12.7. The van der Waals surface area contributed by atoms with Gasteiger partial charge in [-0.3, -0.25) is 9.69 Å². The van der Waals surface area contributed by atoms with Crippen molar-refractivity contribution in [3.63, 3.8) is 0 Å². The number of thiazole rings is 1. The maximum absolute atomic E-state index is 11.1. The standard InChI is InChI=1S/C18H20N6OS/c1-13(25)21-18-20-10-15(26-18)12-23-8-5-14-11-24(22-16(14)6-9-23)17-4-2-3-7-19-17/h2-4,7,10-11H,5-6,8-9,12H2,1H3,(H,20,21,25). The lowest BCUT2D eigenvalue weighted by Crippen LogP contribution is -2.25. The number of amides is 1. The van der Waals surface area contributed by atoms with Crippen LogP contribution in [-0.2, 0) is 24.2 Å². The number of pyridine rings is 1. The first-order valence-corrected chi connectivity index (χ1v) is 9.42. The van der Waals surface area contributed by atoms with Crippen LogP contribution in [0.25, 0.3) is 5.82 Å². The third-order valence-corrected chi connectivity index (χ3v) is 5.24. The summed E-state index contributed by atoms with van der Waals surface area (Å²) in [4.78, 5) is 23.3. The number of hydrogen-bond donors (Lipinski definition) is 1. The van der Waals surface area contributed by atoms with E-state index in [9.17, 15) is 4.79 Å². The maximum Gasteiger partial charge on any atom is 0.223 e. The molecule has 0 fully saturated rings. The molecule has 4 rings (SSSR count). The van der Waals surface area contributed by atoms with Crippen LogP contribution in [0.4, 0.5) is 5.13 Å². The molecule has 0 aliphatic carbocycles. The smallest absolute Gasteiger partial charge is 0.223 e. The molecule has 0 bridgehead atoms. The van der Waals surface area contributed by atoms with Crippen molar-refractivity contribution in [1.82, 2.24) is 24.6 Å². The molecule has 1 aliphatic rings. The van der Waals surface area contributed by atoms with E-state index in [1.54, 1.807) is 6.20 Å². The van der Waals surface area contributed by atoms with Crippen molar-refractivity contribution >= 4 is 22.4 Å². The number of nitrogens with zero attached hydrogens (tertiary/aromatic N) is 5. The molecule has 26 heavy (non-hydrogen) atoms. The first-order valence-electron chi connectivity index (χ1n) is 8.61. The van der Waals surface area contributed by atoms with Gasteiger partial charge in [0.25, 0.3) is 0 Å². The van der Waals surface area contributed by atoms with E-state index in [1.807, 2.05) is 29.1 Å². The Balaban J connectivity index is 1.40. The Morgan fingerprint density at radius 1 is 1.27 bits per heavy atom. The SMILES string of the molecule is CC(=O)Nc1ncc(CN2CCc3cn(-c4ccccn4)nc3CC2)s1. The van der Waals surface area contributed by atoms with Crippen LogP contribution < -0.4 is 5.32 Å². The van der Waals surface area contributed by atoms with Crippen LogP contribution >= 0.6 is 11.3 Å². The van der Waals surface area contributed by atoms with Gasteiger partial charge in [-0.15, -0.1) is 11.3 Å². The van der Waals surface area contributed by atoms with E-state index in [1.165, 1.54) is 23.8 Å². The number of fused-ring (bicyclic) bond motifs is 1. The monoisotopic (exact) mass is 368 g/mol. The maximum atomic E-state index is 11.1. The number of hydrogen-bond acceptors (Lipinski definition) is 6. The summed E-state index contributed by atoms with van der Waals surface area (Å²) in [6.07, 6.45) is 7.63. The van der Waals surface area contributed by atoms with E-state index in [2.05, 4.69) is 26.4 Å². The summed E-state index contributed by atoms with van der Waals surface area (Å²) in [5.74, 6) is 0.767. The zero-order chi connectivity index (χ0) is 17.9. The van der Waals surface area contributed by atoms with Crippen LogP contribution in [0, 0.1) is 0 Å². The molecule has 134 valence electrons. The molecular formula is C18H20N6OS. The lowest BCUT2D eigenvalue weighted by atomic mass is 10.2. The highest BCUT2D eigenvalue weighted by Gasteiger charge is 2.18. The average molecular weight is 368 g/mol. The summed E-state index contributed by atoms with van der Waals surface area (Å²) < 4.78 is 1.88. The molecule has 1 amide bonds. The van der Waals surface area contributed by atoms with Crippen LogP contribution in [0.2, 0.25) is 0 Å². The van der Waals surface area contributed by atoms with Gasteiger partial charge < -0.3 is 5.32 Å². The van der Waals surface area contributed by atoms with Gasteiger partial charge in [0.15, 0.2) is 10.9 Å². The fourth-order valence-electron chi connectivity index (χ4n) is 3.09. The molecule has 1 aliphatic heterocycles. The molecule has 3 aromatic rings. The van der Waals surface area contributed by atoms with Gasteiger partial charge >= 0.3 is 0 Å². The van der Waals surface area contributed by atoms with Crippen LogP contribution in [0.15, 0.2) is 36.8 Å². The molecule has 0 aromatic carbocycles. The highest BCUT2D eigenvalue weighted by molar-refractivity contribution is 7.15. The van der Waals surface area contributed by atoms with Crippen molar-refractivity contribution in [3.05, 3.63) is 52.9 Å². The molecule has 3 aromatic heterocycles. The quantitative estimate of drug-likeness (QED) is 0.765. The van der Waals surface area contributed by atoms with Gasteiger partial charge in [-0.1, -0.05) is 6.07 Å². The summed E-state index contributed by atoms with van der Waals surface area (Å²) in [6, 6.07) is 5.85. The van der Waals surface area contributed by atoms with Gasteiger partial charge in [-0.2, -0.15) is 5.10 Å². The largest absolute Gasteiger partial charge is 0.302 e. The van der Waals surface area contributed by atoms with Crippen molar-refractivity contribution in [2.45, 2.75) is 26.3 Å². The molecule has 4 heterocycles. The van der Waals surface area contributed by atoms with Crippen LogP contribution in [0.5, 0.6) is 0 Å². The van der Waals surface area contributed by atoms with Gasteiger partial charge in [0.05, 0.1) is 5.69 Å². The second-order valence-electron chi connectivity index (χ2n) is 6.32. The zero-order valence-electron chi connectivity index (χ0n) is 14.6. The summed E-state index contributed by atoms with van der Waals surface area (Å²) in [6.45, 7) is 4.28. The minimum Gasteiger partial charge on any atom is -0.302 e. The molecule has 0 saturated heterocycles. The van der Waals surface area contributed by atoms with Crippen molar-refractivity contribution in [1.29, 1.82) is 0 Å². The van der Waals surface area contributed by atoms with E-state index >= 15 is 0 Å². The highest BCUT2D eigenvalue weighted by Crippen LogP contribution is 2.22. The molecule has 0 unspecified atom stereocenters. The number of carbonyl (C=O) groups excluding carboxylic acids is 1. The summed E-state index contributed by atoms with van der Waals surface area (Å²) in [5.41, 5.74) is 2.45. The van der Waals surface area contributed by atoms with Crippen molar-refractivity contribution in [2.75, 3.05) is 18.4 Å². The number of aromatic nitrogens is 4. The van der Waals surface area contributed by atoms with Crippen molar-refractivity contribution in [3.8, 4) is 5.82 Å². The Bertz CT molecular complexity index is 878. The van der Waals surface area contributed by atoms with Crippen molar-refractivity contribution < 1.29 is 4.79 Å². The van der Waals surface area contributed by atoms with Crippen molar-refractivity contribution in [2.24, 2.45) is 0 Å². The van der Waals surface area contributed by atoms with E-state index in [-0.39, 0.29) is 5.91 Å². The van der Waals surface area contributed by atoms with Gasteiger partial charge in [-0.25, -0.2) is 14.6 Å². The molecule has 0 radical (unpaired) electrons. The number of anilines is 1. The normalized spacial score (nSPS) is 14.7. The van der Waals surface area contributed by atoms with Gasteiger partial charge in [0.2, 0.25) is 5.91 Å². The van der Waals surface area contributed by atoms with E-state index < -0.39 is 0 Å². The molecule has 7 nitrogen and oxygen atoms in total. The number of nitrogens with one attached hydrogen (secondary N) is 1. The van der Waals surface area contributed by atoms with Gasteiger partial charge in [-0.05, 0) is 24.1 Å². The van der Waals surface area contributed by atoms with Crippen LogP contribution in [0.1, 0.15) is 23.1 Å². The lowest BCUT2D eigenvalue weighted by Gasteiger charge is -2.18. The van der Waals surface area contributed by atoms with Gasteiger partial charge in [0.1, 0.15) is 0 Å². The van der Waals surface area contributed by atoms with E-state index in [0.717, 1.165) is 48.9 Å². The minimum absolute atomic E-state index is 0.0871. The summed E-state index contributed by atoms with van der Waals surface area (Å²) >= 11 is 1.53. The third kappa shape index (κ3) is 3.81. The molecule has 1 N–H and O–H groups in total. The number of carbonyl (C=O) groups is 1. The second-order valence-corrected chi connectivity index (χ2v) is 7.44. The Morgan fingerprint density at radius 3 is 2.96 bits per heavy atom. The highest BCUT2D eigenvalue weighted by atomic mass is 32.1. The number of rotatable bonds is 4. The van der Waals surface area contributed by atoms with Crippen LogP contribution in [0.3, 0.4) is 0 Å². The zero-order valence-corrected chi connectivity index (χ0v) is 15.4. The first kappa shape index (κ1) is 16.9. The topological polar surface area (TPSA) is 75.9 Å². The Morgan fingerprint density at radius 2 is 2.15 bits per heavy atom. The molecule has 0 spiro atoms. The minimum atomic E-state index is -0.0871. The fourth-order valence-corrected chi connectivity index (χ4v) is 3.99. The molecular weight excluding hydrogens is 348 g/mol. The predicted molar refractivity (Wildman–Crippen MR) is 100 cm³/mol. The lowest BCUT2D eigenvalue weighted by molar-refractivity contribution is -0.114. The predicted octanol–water partition coefficient (Wildman–Crippen LogP) is 2.28. The summed E-state index contributed by atoms with van der Waals surface area (Å²) in [5, 5.41) is 8.13. The molecule has 0 saturated carbocycles.